The average Bonchev–Trinajstić information content (AvgIpc) is 3.32. The number of hydrogen-bond acceptors (Lipinski definition) is 7. The molecule has 0 bridgehead atoms. The molecule has 0 spiro atoms. The fourth-order valence-electron chi connectivity index (χ4n) is 3.90. The molecule has 180 valence electrons. The molecule has 1 aliphatic carbocycles. The van der Waals surface area contributed by atoms with Crippen LogP contribution >= 0.6 is 0 Å². The quantitative estimate of drug-likeness (QED) is 0.628. The van der Waals surface area contributed by atoms with Crippen LogP contribution in [0.25, 0.3) is 11.5 Å². The topological polar surface area (TPSA) is 118 Å². The summed E-state index contributed by atoms with van der Waals surface area (Å²) < 4.78 is 112. The van der Waals surface area contributed by atoms with Gasteiger partial charge in [-0.3, -0.25) is 9.78 Å². The monoisotopic (exact) mass is 499 g/mol. The first kappa shape index (κ1) is 23.4. The van der Waals surface area contributed by atoms with E-state index in [2.05, 4.69) is 15.2 Å². The van der Waals surface area contributed by atoms with Crippen molar-refractivity contribution in [1.82, 2.24) is 24.8 Å². The molecule has 2 aromatic rings. The highest BCUT2D eigenvalue weighted by atomic mass is 32.2. The van der Waals surface area contributed by atoms with Crippen molar-refractivity contribution in [3.05, 3.63) is 23.8 Å². The Morgan fingerprint density at radius 2 is 1.97 bits per heavy atom. The van der Waals surface area contributed by atoms with Gasteiger partial charge in [0.15, 0.2) is 0 Å². The summed E-state index contributed by atoms with van der Waals surface area (Å²) in [7, 11) is -4.46. The minimum absolute atomic E-state index is 0.0415. The highest BCUT2D eigenvalue weighted by Gasteiger charge is 2.54. The van der Waals surface area contributed by atoms with Gasteiger partial charge in [0.05, 0.1) is 23.8 Å². The molecule has 0 unspecified atom stereocenters. The van der Waals surface area contributed by atoms with Gasteiger partial charge in [-0.05, 0) is 18.9 Å². The summed E-state index contributed by atoms with van der Waals surface area (Å²) in [5, 5.41) is 8.13. The van der Waals surface area contributed by atoms with Crippen LogP contribution in [0.15, 0.2) is 21.6 Å². The number of halogens is 6. The van der Waals surface area contributed by atoms with Gasteiger partial charge in [-0.2, -0.15) is 21.9 Å². The number of aromatic nitrogens is 3. The Morgan fingerprint density at radius 1 is 1.24 bits per heavy atom. The molecule has 33 heavy (non-hydrogen) atoms. The van der Waals surface area contributed by atoms with Crippen molar-refractivity contribution in [3.63, 3.8) is 0 Å². The van der Waals surface area contributed by atoms with Crippen LogP contribution in [-0.4, -0.2) is 58.2 Å². The fourth-order valence-corrected chi connectivity index (χ4v) is 5.72. The van der Waals surface area contributed by atoms with E-state index < -0.39 is 76.4 Å². The van der Waals surface area contributed by atoms with Gasteiger partial charge in [-0.1, -0.05) is 0 Å². The number of carbonyl (C=O) groups excluding carboxylic acids is 1. The van der Waals surface area contributed by atoms with Crippen LogP contribution in [0.4, 0.5) is 26.3 Å². The largest absolute Gasteiger partial charge is 0.415 e. The lowest BCUT2D eigenvalue weighted by Gasteiger charge is -2.41. The number of hydrogen-bond donors (Lipinski definition) is 1. The highest BCUT2D eigenvalue weighted by Crippen LogP contribution is 2.41. The highest BCUT2D eigenvalue weighted by molar-refractivity contribution is 7.89. The third kappa shape index (κ3) is 4.16. The van der Waals surface area contributed by atoms with Crippen LogP contribution in [0.5, 0.6) is 0 Å². The van der Waals surface area contributed by atoms with Crippen molar-refractivity contribution in [3.8, 4) is 11.5 Å². The summed E-state index contributed by atoms with van der Waals surface area (Å²) in [4.78, 5) is 15.0. The van der Waals surface area contributed by atoms with Crippen molar-refractivity contribution in [1.29, 1.82) is 0 Å². The van der Waals surface area contributed by atoms with E-state index in [0.717, 1.165) is 12.3 Å². The maximum absolute atomic E-state index is 14.5. The molecule has 0 radical (unpaired) electrons. The Hall–Kier alpha value is -2.75. The molecule has 1 saturated carbocycles. The maximum atomic E-state index is 14.5. The molecule has 1 N–H and O–H groups in total. The summed E-state index contributed by atoms with van der Waals surface area (Å²) >= 11 is 0. The molecule has 9 nitrogen and oxygen atoms in total. The van der Waals surface area contributed by atoms with Crippen LogP contribution in [0.3, 0.4) is 0 Å². The molecule has 1 fully saturated rings. The van der Waals surface area contributed by atoms with Crippen molar-refractivity contribution in [2.45, 2.75) is 61.6 Å². The van der Waals surface area contributed by atoms with E-state index in [-0.39, 0.29) is 24.1 Å². The van der Waals surface area contributed by atoms with E-state index in [0.29, 0.717) is 4.31 Å². The number of sulfonamides is 1. The van der Waals surface area contributed by atoms with E-state index in [9.17, 15) is 39.6 Å². The zero-order chi connectivity index (χ0) is 24.1. The van der Waals surface area contributed by atoms with Gasteiger partial charge in [-0.25, -0.2) is 17.2 Å². The van der Waals surface area contributed by atoms with Crippen LogP contribution in [0, 0.1) is 0 Å². The number of pyridine rings is 1. The summed E-state index contributed by atoms with van der Waals surface area (Å²) in [6, 6.07) is -2.68. The smallest absolute Gasteiger partial charge is 0.315 e. The third-order valence-electron chi connectivity index (χ3n) is 5.41. The van der Waals surface area contributed by atoms with Crippen LogP contribution in [-0.2, 0) is 21.4 Å². The van der Waals surface area contributed by atoms with Gasteiger partial charge in [0, 0.05) is 12.6 Å². The minimum Gasteiger partial charge on any atom is -0.415 e. The Bertz CT molecular complexity index is 1170. The third-order valence-corrected chi connectivity index (χ3v) is 7.34. The summed E-state index contributed by atoms with van der Waals surface area (Å²) in [5.41, 5.74) is -0.143. The van der Waals surface area contributed by atoms with Crippen LogP contribution in [0.1, 0.15) is 37.3 Å². The Balaban J connectivity index is 1.67. The molecule has 1 amide bonds. The molecule has 2 aromatic heterocycles. The lowest BCUT2D eigenvalue weighted by Crippen LogP contribution is -2.62. The Morgan fingerprint density at radius 3 is 2.61 bits per heavy atom. The molecular weight excluding hydrogens is 484 g/mol. The molecule has 16 heteroatoms. The maximum Gasteiger partial charge on any atom is 0.315 e. The molecule has 1 aliphatic heterocycles. The van der Waals surface area contributed by atoms with E-state index >= 15 is 0 Å². The normalized spacial score (nSPS) is 24.2. The first-order valence-electron chi connectivity index (χ1n) is 9.51. The van der Waals surface area contributed by atoms with Gasteiger partial charge in [0.1, 0.15) is 10.9 Å². The first-order chi connectivity index (χ1) is 15.4. The predicted molar refractivity (Wildman–Crippen MR) is 95.7 cm³/mol. The first-order valence-corrected chi connectivity index (χ1v) is 10.9. The summed E-state index contributed by atoms with van der Waals surface area (Å²) in [6.07, 6.45) is -6.48. The second-order valence-corrected chi connectivity index (χ2v) is 9.33. The van der Waals surface area contributed by atoms with E-state index in [4.69, 9.17) is 4.42 Å². The minimum atomic E-state index is -4.46. The van der Waals surface area contributed by atoms with Gasteiger partial charge < -0.3 is 9.73 Å². The van der Waals surface area contributed by atoms with Crippen LogP contribution < -0.4 is 5.32 Å². The molecule has 0 aromatic carbocycles. The fraction of sp³-hybridized carbons (Fsp3) is 0.529. The molecule has 4 rings (SSSR count). The number of fused-ring (bicyclic) bond motifs is 1. The van der Waals surface area contributed by atoms with E-state index in [1.54, 1.807) is 5.32 Å². The Labute approximate surface area is 182 Å². The number of nitrogens with zero attached hydrogens (tertiary/aromatic N) is 4. The van der Waals surface area contributed by atoms with E-state index in [1.165, 1.54) is 0 Å². The number of amides is 1. The van der Waals surface area contributed by atoms with E-state index in [1.807, 2.05) is 0 Å². The average molecular weight is 499 g/mol. The molecule has 2 aliphatic rings. The van der Waals surface area contributed by atoms with Crippen molar-refractivity contribution >= 4 is 15.9 Å². The zero-order valence-corrected chi connectivity index (χ0v) is 17.2. The second kappa shape index (κ2) is 8.23. The number of alkyl halides is 6. The Kier molecular flexibility index (Phi) is 5.84. The van der Waals surface area contributed by atoms with Crippen molar-refractivity contribution in [2.75, 3.05) is 0 Å². The number of nitrogens with one attached hydrogen (secondary N) is 1. The lowest BCUT2D eigenvalue weighted by atomic mass is 9.86. The summed E-state index contributed by atoms with van der Waals surface area (Å²) in [6.45, 7) is -0.453. The number of rotatable bonds is 5. The standard InChI is InChI=1S/C17H15F6N5O4S/c18-12(19)14(29)25-11-9(2-1-3-17(11,22)23)28-6-8-10(33(28,30)31)4-7(5-24-8)15-26-27-16(32-15)13(20)21/h4-5,9,11-13H,1-3,6H2,(H,25,29)/t9-,11+/m1/s1. The molecule has 3 heterocycles. The van der Waals surface area contributed by atoms with Crippen molar-refractivity contribution in [2.24, 2.45) is 0 Å². The molecule has 0 saturated heterocycles. The van der Waals surface area contributed by atoms with Gasteiger partial charge in [0.2, 0.25) is 15.9 Å². The molecular formula is C17H15F6N5O4S. The summed E-state index contributed by atoms with van der Waals surface area (Å²) in [5.74, 6) is -6.99. The second-order valence-electron chi connectivity index (χ2n) is 7.47. The van der Waals surface area contributed by atoms with Crippen molar-refractivity contribution < 1.29 is 44.0 Å². The van der Waals surface area contributed by atoms with Gasteiger partial charge in [0.25, 0.3) is 17.7 Å². The molecule has 2 atom stereocenters. The van der Waals surface area contributed by atoms with Crippen LogP contribution in [0.2, 0.25) is 0 Å². The predicted octanol–water partition coefficient (Wildman–Crippen LogP) is 2.51. The van der Waals surface area contributed by atoms with Gasteiger partial charge >= 0.3 is 12.9 Å². The number of carbonyl (C=O) groups is 1. The SMILES string of the molecule is O=C(N[C@H]1[C@H](N2Cc3ncc(-c4nnc(C(F)F)o4)cc3S2(=O)=O)CCCC1(F)F)C(F)F. The zero-order valence-electron chi connectivity index (χ0n) is 16.4. The lowest BCUT2D eigenvalue weighted by molar-refractivity contribution is -0.140. The van der Waals surface area contributed by atoms with Gasteiger partial charge in [-0.15, -0.1) is 10.2 Å².